The van der Waals surface area contributed by atoms with Gasteiger partial charge in [-0.25, -0.2) is 4.39 Å². The first-order valence-corrected chi connectivity index (χ1v) is 11.6. The van der Waals surface area contributed by atoms with Crippen molar-refractivity contribution in [2.75, 3.05) is 11.9 Å². The van der Waals surface area contributed by atoms with Gasteiger partial charge in [-0.2, -0.15) is 5.10 Å². The zero-order valence-electron chi connectivity index (χ0n) is 19.1. The maximum Gasteiger partial charge on any atom is 0.276 e. The highest BCUT2D eigenvalue weighted by molar-refractivity contribution is 6.05. The van der Waals surface area contributed by atoms with Crippen molar-refractivity contribution in [2.45, 2.75) is 70.5 Å². The van der Waals surface area contributed by atoms with Crippen LogP contribution in [-0.2, 0) is 11.3 Å². The smallest absolute Gasteiger partial charge is 0.276 e. The molecule has 3 amide bonds. The number of hydrogen-bond donors (Lipinski definition) is 2. The summed E-state index contributed by atoms with van der Waals surface area (Å²) in [6, 6.07) is 6.98. The average molecular weight is 456 g/mol. The summed E-state index contributed by atoms with van der Waals surface area (Å²) in [6.07, 6.45) is 5.74. The second-order valence-electron chi connectivity index (χ2n) is 9.07. The van der Waals surface area contributed by atoms with E-state index in [-0.39, 0.29) is 35.8 Å². The molecule has 1 fully saturated rings. The summed E-state index contributed by atoms with van der Waals surface area (Å²) in [5.74, 6) is -1.41. The highest BCUT2D eigenvalue weighted by atomic mass is 19.1. The van der Waals surface area contributed by atoms with Crippen LogP contribution in [0.1, 0.15) is 73.3 Å². The minimum absolute atomic E-state index is 0.0681. The van der Waals surface area contributed by atoms with Gasteiger partial charge in [0.2, 0.25) is 5.91 Å². The van der Waals surface area contributed by atoms with Gasteiger partial charge in [0.1, 0.15) is 17.1 Å². The summed E-state index contributed by atoms with van der Waals surface area (Å²) < 4.78 is 14.6. The number of carbonyl (C=O) groups excluding carboxylic acids is 3. The lowest BCUT2D eigenvalue weighted by Crippen LogP contribution is -2.65. The van der Waals surface area contributed by atoms with E-state index in [0.717, 1.165) is 38.5 Å². The normalized spacial score (nSPS) is 20.6. The lowest BCUT2D eigenvalue weighted by Gasteiger charge is -2.43. The number of benzene rings is 1. The molecule has 4 rings (SSSR count). The van der Waals surface area contributed by atoms with Crippen LogP contribution in [0.5, 0.6) is 0 Å². The number of anilines is 1. The third-order valence-corrected chi connectivity index (χ3v) is 6.55. The van der Waals surface area contributed by atoms with Gasteiger partial charge in [-0.1, -0.05) is 26.2 Å². The van der Waals surface area contributed by atoms with Crippen LogP contribution in [0.25, 0.3) is 0 Å². The number of hydrogen-bond acceptors (Lipinski definition) is 4. The topological polar surface area (TPSA) is 96.3 Å². The Bertz CT molecular complexity index is 1040. The molecule has 9 heteroatoms. The summed E-state index contributed by atoms with van der Waals surface area (Å²) in [4.78, 5) is 41.1. The Balaban J connectivity index is 1.59. The zero-order chi connectivity index (χ0) is 23.6. The van der Waals surface area contributed by atoms with E-state index in [1.54, 1.807) is 11.8 Å². The maximum atomic E-state index is 13.4. The van der Waals surface area contributed by atoms with Crippen LogP contribution in [0.2, 0.25) is 0 Å². The Morgan fingerprint density at radius 3 is 2.58 bits per heavy atom. The second-order valence-corrected chi connectivity index (χ2v) is 9.07. The predicted octanol–water partition coefficient (Wildman–Crippen LogP) is 3.35. The molecule has 0 radical (unpaired) electrons. The molecule has 0 saturated heterocycles. The molecule has 1 aromatic heterocycles. The van der Waals surface area contributed by atoms with Crippen LogP contribution in [0.3, 0.4) is 0 Å². The molecule has 1 aliphatic carbocycles. The molecule has 33 heavy (non-hydrogen) atoms. The molecule has 1 unspecified atom stereocenters. The number of nitrogens with zero attached hydrogens (tertiary/aromatic N) is 3. The lowest BCUT2D eigenvalue weighted by atomic mass is 9.94. The van der Waals surface area contributed by atoms with Crippen LogP contribution >= 0.6 is 0 Å². The van der Waals surface area contributed by atoms with E-state index in [1.165, 1.54) is 35.0 Å². The Kier molecular flexibility index (Phi) is 6.49. The molecule has 176 valence electrons. The van der Waals surface area contributed by atoms with Crippen LogP contribution in [0.4, 0.5) is 10.1 Å². The standard InChI is InChI=1S/C24H30FN5O3/c1-3-4-13-29-22(32)20-14-19(21(31)26-18-11-9-16(25)10-12-18)28-30(20)15-24(29,2)23(33)27-17-7-5-6-8-17/h9-12,14,17H,3-8,13,15H2,1-2H3,(H,26,31)(H,27,33). The van der Waals surface area contributed by atoms with Crippen molar-refractivity contribution in [1.82, 2.24) is 20.0 Å². The number of fused-ring (bicyclic) bond motifs is 1. The van der Waals surface area contributed by atoms with E-state index < -0.39 is 17.3 Å². The van der Waals surface area contributed by atoms with Gasteiger partial charge in [-0.15, -0.1) is 0 Å². The van der Waals surface area contributed by atoms with Crippen molar-refractivity contribution < 1.29 is 18.8 Å². The van der Waals surface area contributed by atoms with E-state index in [4.69, 9.17) is 0 Å². The molecule has 0 spiro atoms. The average Bonchev–Trinajstić information content (AvgIpc) is 3.45. The summed E-state index contributed by atoms with van der Waals surface area (Å²) >= 11 is 0. The molecule has 0 bridgehead atoms. The van der Waals surface area contributed by atoms with Crippen LogP contribution in [0, 0.1) is 5.82 Å². The minimum Gasteiger partial charge on any atom is -0.351 e. The number of carbonyl (C=O) groups is 3. The molecule has 2 aromatic rings. The largest absolute Gasteiger partial charge is 0.351 e. The second kappa shape index (κ2) is 9.33. The Morgan fingerprint density at radius 2 is 1.91 bits per heavy atom. The van der Waals surface area contributed by atoms with Gasteiger partial charge in [-0.3, -0.25) is 19.1 Å². The molecule has 2 aliphatic rings. The molecule has 8 nitrogen and oxygen atoms in total. The van der Waals surface area contributed by atoms with Gasteiger partial charge >= 0.3 is 0 Å². The van der Waals surface area contributed by atoms with Gasteiger partial charge in [0.15, 0.2) is 5.69 Å². The van der Waals surface area contributed by atoms with E-state index in [9.17, 15) is 18.8 Å². The first-order chi connectivity index (χ1) is 15.8. The lowest BCUT2D eigenvalue weighted by molar-refractivity contribution is -0.133. The number of nitrogens with one attached hydrogen (secondary N) is 2. The summed E-state index contributed by atoms with van der Waals surface area (Å²) in [5, 5.41) is 10.1. The van der Waals surface area contributed by atoms with Gasteiger partial charge in [-0.05, 0) is 50.5 Å². The number of amides is 3. The molecular weight excluding hydrogens is 425 g/mol. The maximum absolute atomic E-state index is 13.4. The summed E-state index contributed by atoms with van der Waals surface area (Å²) in [7, 11) is 0. The van der Waals surface area contributed by atoms with Crippen molar-refractivity contribution in [2.24, 2.45) is 0 Å². The Labute approximate surface area is 192 Å². The first-order valence-electron chi connectivity index (χ1n) is 11.6. The van der Waals surface area contributed by atoms with Crippen molar-refractivity contribution >= 4 is 23.4 Å². The third kappa shape index (κ3) is 4.62. The van der Waals surface area contributed by atoms with Crippen molar-refractivity contribution in [1.29, 1.82) is 0 Å². The number of unbranched alkanes of at least 4 members (excludes halogenated alkanes) is 1. The summed E-state index contributed by atoms with van der Waals surface area (Å²) in [5.41, 5.74) is -0.331. The van der Waals surface area contributed by atoms with Gasteiger partial charge in [0.05, 0.1) is 6.54 Å². The van der Waals surface area contributed by atoms with Crippen molar-refractivity contribution in [3.63, 3.8) is 0 Å². The molecule has 2 heterocycles. The van der Waals surface area contributed by atoms with E-state index in [2.05, 4.69) is 15.7 Å². The molecule has 2 N–H and O–H groups in total. The fourth-order valence-electron chi connectivity index (χ4n) is 4.56. The quantitative estimate of drug-likeness (QED) is 0.669. The third-order valence-electron chi connectivity index (χ3n) is 6.55. The van der Waals surface area contributed by atoms with Crippen LogP contribution < -0.4 is 10.6 Å². The fourth-order valence-corrected chi connectivity index (χ4v) is 4.56. The monoisotopic (exact) mass is 455 g/mol. The molecule has 1 atom stereocenters. The van der Waals surface area contributed by atoms with E-state index in [0.29, 0.717) is 12.2 Å². The number of aromatic nitrogens is 2. The van der Waals surface area contributed by atoms with Crippen LogP contribution in [-0.4, -0.2) is 50.5 Å². The first kappa shape index (κ1) is 22.9. The predicted molar refractivity (Wildman–Crippen MR) is 121 cm³/mol. The van der Waals surface area contributed by atoms with Crippen molar-refractivity contribution in [3.8, 4) is 0 Å². The number of halogens is 1. The zero-order valence-corrected chi connectivity index (χ0v) is 19.1. The van der Waals surface area contributed by atoms with Crippen molar-refractivity contribution in [3.05, 3.63) is 47.5 Å². The fraction of sp³-hybridized carbons (Fsp3) is 0.500. The number of rotatable bonds is 7. The summed E-state index contributed by atoms with van der Waals surface area (Å²) in [6.45, 7) is 4.42. The molecule has 1 aromatic carbocycles. The SMILES string of the molecule is CCCCN1C(=O)c2cc(C(=O)Nc3ccc(F)cc3)nn2CC1(C)C(=O)NC1CCCC1. The van der Waals surface area contributed by atoms with Gasteiger partial charge in [0.25, 0.3) is 11.8 Å². The Morgan fingerprint density at radius 1 is 1.21 bits per heavy atom. The minimum atomic E-state index is -1.10. The van der Waals surface area contributed by atoms with E-state index in [1.807, 2.05) is 6.92 Å². The molecule has 1 aliphatic heterocycles. The van der Waals surface area contributed by atoms with E-state index >= 15 is 0 Å². The highest BCUT2D eigenvalue weighted by Crippen LogP contribution is 2.29. The van der Waals surface area contributed by atoms with Gasteiger partial charge in [0, 0.05) is 24.3 Å². The van der Waals surface area contributed by atoms with Gasteiger partial charge < -0.3 is 15.5 Å². The van der Waals surface area contributed by atoms with Crippen LogP contribution in [0.15, 0.2) is 30.3 Å². The highest BCUT2D eigenvalue weighted by Gasteiger charge is 2.48. The Hall–Kier alpha value is -3.23. The molecular formula is C24H30FN5O3. The molecule has 1 saturated carbocycles.